The third-order valence-corrected chi connectivity index (χ3v) is 2.20. The molecule has 0 aromatic heterocycles. The van der Waals surface area contributed by atoms with E-state index in [1.165, 1.54) is 11.9 Å². The van der Waals surface area contributed by atoms with Gasteiger partial charge in [0.15, 0.2) is 0 Å². The Morgan fingerprint density at radius 2 is 1.83 bits per heavy atom. The molecule has 1 unspecified atom stereocenters. The van der Waals surface area contributed by atoms with Crippen molar-refractivity contribution in [3.05, 3.63) is 0 Å². The van der Waals surface area contributed by atoms with Gasteiger partial charge >= 0.3 is 0 Å². The summed E-state index contributed by atoms with van der Waals surface area (Å²) in [5.41, 5.74) is 10.4. The number of carbonyl (C=O) groups excluding carboxylic acids is 3. The van der Waals surface area contributed by atoms with E-state index in [0.717, 1.165) is 0 Å². The molecule has 0 fully saturated rings. The average Bonchev–Trinajstić information content (AvgIpc) is 2.24. The number of nitrogens with one attached hydrogen (secondary N) is 1. The molecule has 0 saturated heterocycles. The lowest BCUT2D eigenvalue weighted by Gasteiger charge is -2.20. The molecule has 0 aromatic carbocycles. The Labute approximate surface area is 107 Å². The lowest BCUT2D eigenvalue weighted by Crippen LogP contribution is -2.47. The van der Waals surface area contributed by atoms with Crippen molar-refractivity contribution in [3.8, 4) is 0 Å². The van der Waals surface area contributed by atoms with Gasteiger partial charge < -0.3 is 21.7 Å². The predicted octanol–water partition coefficient (Wildman–Crippen LogP) is -1.58. The van der Waals surface area contributed by atoms with Crippen LogP contribution in [0.5, 0.6) is 0 Å². The molecule has 0 aromatic rings. The highest BCUT2D eigenvalue weighted by molar-refractivity contribution is 5.90. The molecule has 0 aliphatic heterocycles. The summed E-state index contributed by atoms with van der Waals surface area (Å²) in [5, 5.41) is 2.68. The highest BCUT2D eigenvalue weighted by atomic mass is 16.2. The Morgan fingerprint density at radius 3 is 2.28 bits per heavy atom. The maximum atomic E-state index is 11.7. The predicted molar refractivity (Wildman–Crippen MR) is 67.3 cm³/mol. The van der Waals surface area contributed by atoms with E-state index >= 15 is 0 Å². The van der Waals surface area contributed by atoms with Gasteiger partial charge in [0, 0.05) is 13.6 Å². The number of nitrogens with two attached hydrogens (primary N) is 2. The van der Waals surface area contributed by atoms with E-state index in [9.17, 15) is 14.4 Å². The zero-order chi connectivity index (χ0) is 14.3. The second-order valence-electron chi connectivity index (χ2n) is 4.67. The van der Waals surface area contributed by atoms with Crippen molar-refractivity contribution < 1.29 is 14.4 Å². The van der Waals surface area contributed by atoms with Crippen LogP contribution in [0.2, 0.25) is 0 Å². The number of amides is 3. The zero-order valence-electron chi connectivity index (χ0n) is 11.1. The molecule has 0 radical (unpaired) electrons. The highest BCUT2D eigenvalue weighted by Gasteiger charge is 2.21. The van der Waals surface area contributed by atoms with Gasteiger partial charge in [0.2, 0.25) is 17.7 Å². The largest absolute Gasteiger partial charge is 0.370 e. The monoisotopic (exact) mass is 258 g/mol. The van der Waals surface area contributed by atoms with Crippen LogP contribution in [0.3, 0.4) is 0 Å². The first-order chi connectivity index (χ1) is 8.23. The average molecular weight is 258 g/mol. The zero-order valence-corrected chi connectivity index (χ0v) is 11.1. The number of hydrogen-bond donors (Lipinski definition) is 3. The number of nitrogens with zero attached hydrogens (tertiary/aromatic N) is 1. The van der Waals surface area contributed by atoms with Crippen molar-refractivity contribution in [2.24, 2.45) is 17.4 Å². The van der Waals surface area contributed by atoms with Crippen LogP contribution in [0.4, 0.5) is 0 Å². The van der Waals surface area contributed by atoms with Gasteiger partial charge in [0.25, 0.3) is 0 Å². The van der Waals surface area contributed by atoms with Gasteiger partial charge in [-0.1, -0.05) is 13.8 Å². The maximum absolute atomic E-state index is 11.7. The number of rotatable bonds is 7. The van der Waals surface area contributed by atoms with Crippen molar-refractivity contribution in [3.63, 3.8) is 0 Å². The third kappa shape index (κ3) is 6.85. The minimum Gasteiger partial charge on any atom is -0.370 e. The van der Waals surface area contributed by atoms with E-state index in [4.69, 9.17) is 11.5 Å². The lowest BCUT2D eigenvalue weighted by molar-refractivity contribution is -0.136. The van der Waals surface area contributed by atoms with Gasteiger partial charge in [-0.05, 0) is 5.92 Å². The minimum atomic E-state index is -0.995. The first-order valence-electron chi connectivity index (χ1n) is 5.79. The van der Waals surface area contributed by atoms with Crippen LogP contribution >= 0.6 is 0 Å². The Hall–Kier alpha value is -1.63. The van der Waals surface area contributed by atoms with Gasteiger partial charge in [0.1, 0.15) is 0 Å². The van der Waals surface area contributed by atoms with Crippen LogP contribution in [-0.4, -0.2) is 48.8 Å². The Bertz CT molecular complexity index is 317. The Morgan fingerprint density at radius 1 is 1.28 bits per heavy atom. The fourth-order valence-electron chi connectivity index (χ4n) is 1.25. The molecule has 104 valence electrons. The molecule has 0 spiro atoms. The van der Waals surface area contributed by atoms with E-state index in [1.807, 2.05) is 13.8 Å². The van der Waals surface area contributed by atoms with Gasteiger partial charge in [-0.15, -0.1) is 0 Å². The van der Waals surface area contributed by atoms with E-state index in [1.54, 1.807) is 0 Å². The minimum absolute atomic E-state index is 0.0853. The normalized spacial score (nSPS) is 12.1. The Kier molecular flexibility index (Phi) is 6.96. The highest BCUT2D eigenvalue weighted by Crippen LogP contribution is 1.95. The first kappa shape index (κ1) is 16.4. The molecule has 0 saturated carbocycles. The van der Waals surface area contributed by atoms with Gasteiger partial charge in [0.05, 0.1) is 19.0 Å². The third-order valence-electron chi connectivity index (χ3n) is 2.20. The number of carbonyl (C=O) groups is 3. The van der Waals surface area contributed by atoms with Crippen LogP contribution in [0.15, 0.2) is 0 Å². The summed E-state index contributed by atoms with van der Waals surface area (Å²) in [6.45, 7) is 4.40. The quantitative estimate of drug-likeness (QED) is 0.510. The SMILES string of the molecule is CC(C)CNC(=O)CN(C)C(=O)C(N)CC(N)=O. The van der Waals surface area contributed by atoms with Gasteiger partial charge in [-0.3, -0.25) is 14.4 Å². The van der Waals surface area contributed by atoms with Crippen molar-refractivity contribution in [1.29, 1.82) is 0 Å². The Balaban J connectivity index is 4.14. The summed E-state index contributed by atoms with van der Waals surface area (Å²) < 4.78 is 0. The molecule has 0 aliphatic rings. The lowest BCUT2D eigenvalue weighted by atomic mass is 10.2. The van der Waals surface area contributed by atoms with E-state index in [2.05, 4.69) is 5.32 Å². The number of likely N-dealkylation sites (N-methyl/N-ethyl adjacent to an activating group) is 1. The molecule has 0 rings (SSSR count). The molecular weight excluding hydrogens is 236 g/mol. The topological polar surface area (TPSA) is 119 Å². The first-order valence-corrected chi connectivity index (χ1v) is 5.79. The summed E-state index contributed by atoms with van der Waals surface area (Å²) in [5.74, 6) is -1.04. The number of primary amides is 1. The van der Waals surface area contributed by atoms with E-state index < -0.39 is 17.9 Å². The molecule has 0 aliphatic carbocycles. The fraction of sp³-hybridized carbons (Fsp3) is 0.727. The van der Waals surface area contributed by atoms with Crippen molar-refractivity contribution >= 4 is 17.7 Å². The molecule has 1 atom stereocenters. The molecule has 0 bridgehead atoms. The summed E-state index contributed by atoms with van der Waals surface area (Å²) in [7, 11) is 1.46. The van der Waals surface area contributed by atoms with E-state index in [0.29, 0.717) is 12.5 Å². The van der Waals surface area contributed by atoms with Crippen LogP contribution in [-0.2, 0) is 14.4 Å². The summed E-state index contributed by atoms with van der Waals surface area (Å²) in [6.07, 6.45) is -0.225. The summed E-state index contributed by atoms with van der Waals surface area (Å²) in [4.78, 5) is 34.9. The van der Waals surface area contributed by atoms with Crippen molar-refractivity contribution in [2.45, 2.75) is 26.3 Å². The van der Waals surface area contributed by atoms with Crippen LogP contribution in [0.25, 0.3) is 0 Å². The van der Waals surface area contributed by atoms with Crippen LogP contribution in [0, 0.1) is 5.92 Å². The smallest absolute Gasteiger partial charge is 0.240 e. The van der Waals surface area contributed by atoms with Crippen molar-refractivity contribution in [2.75, 3.05) is 20.1 Å². The van der Waals surface area contributed by atoms with Gasteiger partial charge in [-0.2, -0.15) is 0 Å². The fourth-order valence-corrected chi connectivity index (χ4v) is 1.25. The second-order valence-corrected chi connectivity index (χ2v) is 4.67. The summed E-state index contributed by atoms with van der Waals surface area (Å²) >= 11 is 0. The maximum Gasteiger partial charge on any atom is 0.240 e. The molecule has 3 amide bonds. The molecular formula is C11H22N4O3. The molecule has 5 N–H and O–H groups in total. The molecule has 18 heavy (non-hydrogen) atoms. The number of hydrogen-bond acceptors (Lipinski definition) is 4. The van der Waals surface area contributed by atoms with Crippen LogP contribution < -0.4 is 16.8 Å². The van der Waals surface area contributed by atoms with Crippen LogP contribution in [0.1, 0.15) is 20.3 Å². The summed E-state index contributed by atoms with van der Waals surface area (Å²) in [6, 6.07) is -0.995. The van der Waals surface area contributed by atoms with E-state index in [-0.39, 0.29) is 18.9 Å². The standard InChI is InChI=1S/C11H22N4O3/c1-7(2)5-14-10(17)6-15(3)11(18)8(12)4-9(13)16/h7-8H,4-6,12H2,1-3H3,(H2,13,16)(H,14,17). The molecule has 7 nitrogen and oxygen atoms in total. The molecule has 7 heteroatoms. The second kappa shape index (κ2) is 7.65. The van der Waals surface area contributed by atoms with Crippen molar-refractivity contribution in [1.82, 2.24) is 10.2 Å². The van der Waals surface area contributed by atoms with Gasteiger partial charge in [-0.25, -0.2) is 0 Å². The molecule has 0 heterocycles.